The molecule has 2 aromatic rings. The molecule has 0 aromatic heterocycles. The molecule has 1 heterocycles. The Morgan fingerprint density at radius 1 is 0.909 bits per heavy atom. The highest BCUT2D eigenvalue weighted by Gasteiger charge is 2.53. The van der Waals surface area contributed by atoms with Gasteiger partial charge < -0.3 is 4.74 Å². The van der Waals surface area contributed by atoms with E-state index in [1.807, 2.05) is 48.5 Å². The summed E-state index contributed by atoms with van der Waals surface area (Å²) in [6.07, 6.45) is 5.09. The molecule has 110 valence electrons. The Morgan fingerprint density at radius 2 is 1.55 bits per heavy atom. The standard InChI is InChI=1S/C20H18O2/c21-19-20(12-7-13-20)17(15-8-3-1-4-9-15)14-18(22-19)16-10-5-2-6-11-16/h1-6,8-11,14,17H,7,12-13H2. The van der Waals surface area contributed by atoms with Crippen molar-refractivity contribution in [1.29, 1.82) is 0 Å². The zero-order valence-electron chi connectivity index (χ0n) is 12.4. The van der Waals surface area contributed by atoms with Gasteiger partial charge in [0.1, 0.15) is 5.76 Å². The minimum Gasteiger partial charge on any atom is -0.426 e. The minimum absolute atomic E-state index is 0.0612. The summed E-state index contributed by atoms with van der Waals surface area (Å²) in [7, 11) is 0. The van der Waals surface area contributed by atoms with E-state index in [0.29, 0.717) is 5.76 Å². The van der Waals surface area contributed by atoms with Crippen LogP contribution < -0.4 is 0 Å². The average molecular weight is 290 g/mol. The third-order valence-corrected chi connectivity index (χ3v) is 4.99. The number of allylic oxidation sites excluding steroid dienone is 1. The second kappa shape index (κ2) is 5.13. The van der Waals surface area contributed by atoms with Crippen LogP contribution in [0.4, 0.5) is 0 Å². The highest BCUT2D eigenvalue weighted by Crippen LogP contribution is 2.56. The van der Waals surface area contributed by atoms with Gasteiger partial charge in [0.25, 0.3) is 0 Å². The number of carbonyl (C=O) groups excluding carboxylic acids is 1. The molecule has 1 aliphatic carbocycles. The number of benzene rings is 2. The summed E-state index contributed by atoms with van der Waals surface area (Å²) in [5.41, 5.74) is 1.82. The van der Waals surface area contributed by atoms with E-state index in [2.05, 4.69) is 18.2 Å². The zero-order valence-corrected chi connectivity index (χ0v) is 12.4. The maximum atomic E-state index is 12.7. The molecule has 0 radical (unpaired) electrons. The van der Waals surface area contributed by atoms with Crippen LogP contribution in [0.25, 0.3) is 5.76 Å². The van der Waals surface area contributed by atoms with Gasteiger partial charge in [-0.05, 0) is 24.5 Å². The Kier molecular flexibility index (Phi) is 3.11. The molecule has 1 unspecified atom stereocenters. The van der Waals surface area contributed by atoms with Gasteiger partial charge in [-0.1, -0.05) is 67.1 Å². The van der Waals surface area contributed by atoms with Crippen LogP contribution >= 0.6 is 0 Å². The molecule has 1 spiro atoms. The summed E-state index contributed by atoms with van der Waals surface area (Å²) >= 11 is 0. The van der Waals surface area contributed by atoms with E-state index in [1.54, 1.807) is 0 Å². The third-order valence-electron chi connectivity index (χ3n) is 4.99. The molecule has 1 fully saturated rings. The molecule has 2 aliphatic rings. The molecule has 0 saturated heterocycles. The summed E-state index contributed by atoms with van der Waals surface area (Å²) < 4.78 is 5.70. The van der Waals surface area contributed by atoms with E-state index in [4.69, 9.17) is 4.74 Å². The van der Waals surface area contributed by atoms with Crippen molar-refractivity contribution in [1.82, 2.24) is 0 Å². The van der Waals surface area contributed by atoms with Crippen LogP contribution in [0.3, 0.4) is 0 Å². The molecule has 0 amide bonds. The quantitative estimate of drug-likeness (QED) is 0.759. The van der Waals surface area contributed by atoms with Crippen molar-refractivity contribution in [3.8, 4) is 0 Å². The fraction of sp³-hybridized carbons (Fsp3) is 0.250. The van der Waals surface area contributed by atoms with Crippen LogP contribution in [-0.4, -0.2) is 5.97 Å². The van der Waals surface area contributed by atoms with Gasteiger partial charge in [-0.3, -0.25) is 4.79 Å². The van der Waals surface area contributed by atoms with Crippen molar-refractivity contribution in [2.45, 2.75) is 25.2 Å². The van der Waals surface area contributed by atoms with Crippen LogP contribution in [0.5, 0.6) is 0 Å². The summed E-state index contributed by atoms with van der Waals surface area (Å²) in [5, 5.41) is 0. The zero-order chi connectivity index (χ0) is 15.0. The van der Waals surface area contributed by atoms with E-state index < -0.39 is 0 Å². The number of rotatable bonds is 2. The summed E-state index contributed by atoms with van der Waals surface area (Å²) in [6, 6.07) is 20.2. The van der Waals surface area contributed by atoms with Crippen LogP contribution in [0.1, 0.15) is 36.3 Å². The van der Waals surface area contributed by atoms with Gasteiger partial charge in [-0.2, -0.15) is 0 Å². The second-order valence-corrected chi connectivity index (χ2v) is 6.18. The summed E-state index contributed by atoms with van der Waals surface area (Å²) in [5.74, 6) is 0.741. The molecule has 1 atom stereocenters. The van der Waals surface area contributed by atoms with Crippen molar-refractivity contribution in [3.63, 3.8) is 0 Å². The van der Waals surface area contributed by atoms with E-state index >= 15 is 0 Å². The third kappa shape index (κ3) is 1.98. The fourth-order valence-electron chi connectivity index (χ4n) is 3.58. The van der Waals surface area contributed by atoms with Crippen molar-refractivity contribution < 1.29 is 9.53 Å². The number of hydrogen-bond acceptors (Lipinski definition) is 2. The molecule has 2 aromatic carbocycles. The first-order valence-electron chi connectivity index (χ1n) is 7.84. The SMILES string of the molecule is O=C1OC(c2ccccc2)=CC(c2ccccc2)C12CCC2. The Labute approximate surface area is 130 Å². The first-order valence-corrected chi connectivity index (χ1v) is 7.84. The Hall–Kier alpha value is -2.35. The van der Waals surface area contributed by atoms with Crippen LogP contribution in [-0.2, 0) is 9.53 Å². The largest absolute Gasteiger partial charge is 0.426 e. The molecule has 2 heteroatoms. The van der Waals surface area contributed by atoms with Gasteiger partial charge in [0.05, 0.1) is 5.41 Å². The Bertz CT molecular complexity index is 712. The second-order valence-electron chi connectivity index (χ2n) is 6.18. The number of cyclic esters (lactones) is 1. The monoisotopic (exact) mass is 290 g/mol. The molecule has 2 nitrogen and oxygen atoms in total. The first-order chi connectivity index (χ1) is 10.8. The van der Waals surface area contributed by atoms with Gasteiger partial charge in [0, 0.05) is 11.5 Å². The number of ether oxygens (including phenoxy) is 1. The number of hydrogen-bond donors (Lipinski definition) is 0. The molecule has 22 heavy (non-hydrogen) atoms. The predicted octanol–water partition coefficient (Wildman–Crippen LogP) is 4.54. The molecular weight excluding hydrogens is 272 g/mol. The Morgan fingerprint density at radius 3 is 2.14 bits per heavy atom. The normalized spacial score (nSPS) is 22.6. The molecule has 1 saturated carbocycles. The highest BCUT2D eigenvalue weighted by atomic mass is 16.5. The smallest absolute Gasteiger partial charge is 0.318 e. The maximum Gasteiger partial charge on any atom is 0.318 e. The average Bonchev–Trinajstić information content (AvgIpc) is 2.54. The first kappa shape index (κ1) is 13.3. The lowest BCUT2D eigenvalue weighted by Crippen LogP contribution is -2.46. The van der Waals surface area contributed by atoms with Gasteiger partial charge in [0.2, 0.25) is 0 Å². The number of esters is 1. The molecule has 0 N–H and O–H groups in total. The maximum absolute atomic E-state index is 12.7. The van der Waals surface area contributed by atoms with E-state index in [9.17, 15) is 4.79 Å². The van der Waals surface area contributed by atoms with Crippen molar-refractivity contribution in [2.75, 3.05) is 0 Å². The van der Waals surface area contributed by atoms with E-state index in [-0.39, 0.29) is 17.3 Å². The highest BCUT2D eigenvalue weighted by molar-refractivity contribution is 5.88. The molecule has 1 aliphatic heterocycles. The summed E-state index contributed by atoms with van der Waals surface area (Å²) in [6.45, 7) is 0. The molecule has 4 rings (SSSR count). The van der Waals surface area contributed by atoms with Crippen molar-refractivity contribution in [3.05, 3.63) is 77.9 Å². The predicted molar refractivity (Wildman–Crippen MR) is 86.0 cm³/mol. The fourth-order valence-corrected chi connectivity index (χ4v) is 3.58. The van der Waals surface area contributed by atoms with E-state index in [1.165, 1.54) is 5.56 Å². The van der Waals surface area contributed by atoms with Crippen molar-refractivity contribution in [2.24, 2.45) is 5.41 Å². The summed E-state index contributed by atoms with van der Waals surface area (Å²) in [4.78, 5) is 12.7. The van der Waals surface area contributed by atoms with E-state index in [0.717, 1.165) is 24.8 Å². The molecule has 0 bridgehead atoms. The van der Waals surface area contributed by atoms with Gasteiger partial charge in [-0.15, -0.1) is 0 Å². The van der Waals surface area contributed by atoms with Crippen molar-refractivity contribution >= 4 is 11.7 Å². The van der Waals surface area contributed by atoms with Crippen LogP contribution in [0.2, 0.25) is 0 Å². The minimum atomic E-state index is -0.348. The number of carbonyl (C=O) groups is 1. The Balaban J connectivity index is 1.81. The molecular formula is C20H18O2. The van der Waals surface area contributed by atoms with Gasteiger partial charge in [0.15, 0.2) is 0 Å². The topological polar surface area (TPSA) is 26.3 Å². The lowest BCUT2D eigenvalue weighted by atomic mass is 9.58. The van der Waals surface area contributed by atoms with Gasteiger partial charge >= 0.3 is 5.97 Å². The van der Waals surface area contributed by atoms with Gasteiger partial charge in [-0.25, -0.2) is 0 Å². The lowest BCUT2D eigenvalue weighted by Gasteiger charge is -2.47. The van der Waals surface area contributed by atoms with Crippen LogP contribution in [0.15, 0.2) is 66.7 Å². The van der Waals surface area contributed by atoms with Crippen LogP contribution in [0, 0.1) is 5.41 Å². The lowest BCUT2D eigenvalue weighted by molar-refractivity contribution is -0.156.